The SMILES string of the molecule is C.CC1=C(c2c(C)n(C)c(=O)[nH]c2=O)C(=O)N(C)C1=O.CC1=C(c2nc3c(=O)[nH]cnc3n2C)C(=O)N(C)C1=O. The number of aryl methyl sites for hydroxylation is 1. The topological polar surface area (TPSA) is 193 Å². The first-order chi connectivity index (χ1) is 18.2. The summed E-state index contributed by atoms with van der Waals surface area (Å²) in [5.74, 6) is -1.49. The largest absolute Gasteiger partial charge is 0.328 e. The molecule has 5 rings (SSSR count). The molecule has 0 aliphatic carbocycles. The van der Waals surface area contributed by atoms with Crippen LogP contribution in [0.2, 0.25) is 0 Å². The molecule has 0 aromatic carbocycles. The summed E-state index contributed by atoms with van der Waals surface area (Å²) in [5.41, 5.74) is 0.0911. The first-order valence-electron chi connectivity index (χ1n) is 11.5. The highest BCUT2D eigenvalue weighted by atomic mass is 16.2. The fourth-order valence-electron chi connectivity index (χ4n) is 4.37. The highest BCUT2D eigenvalue weighted by Crippen LogP contribution is 2.29. The zero-order chi connectivity index (χ0) is 29.1. The maximum atomic E-state index is 12.1. The lowest BCUT2D eigenvalue weighted by molar-refractivity contribution is -0.136. The van der Waals surface area contributed by atoms with Gasteiger partial charge in [-0.25, -0.2) is 14.8 Å². The Kier molecular flexibility index (Phi) is 7.46. The second-order valence-corrected chi connectivity index (χ2v) is 9.02. The number of fused-ring (bicyclic) bond motifs is 1. The van der Waals surface area contributed by atoms with Gasteiger partial charge in [-0.3, -0.25) is 43.6 Å². The molecule has 40 heavy (non-hydrogen) atoms. The minimum Gasteiger partial charge on any atom is -0.311 e. The third-order valence-electron chi connectivity index (χ3n) is 6.79. The van der Waals surface area contributed by atoms with E-state index < -0.39 is 29.0 Å². The molecule has 2 N–H and O–H groups in total. The van der Waals surface area contributed by atoms with Gasteiger partial charge in [-0.1, -0.05) is 7.43 Å². The molecule has 0 saturated carbocycles. The van der Waals surface area contributed by atoms with Gasteiger partial charge in [0.2, 0.25) is 0 Å². The first kappa shape index (κ1) is 29.3. The summed E-state index contributed by atoms with van der Waals surface area (Å²) in [6.45, 7) is 4.61. The number of carbonyl (C=O) groups excluding carboxylic acids is 4. The number of aromatic amines is 2. The second-order valence-electron chi connectivity index (χ2n) is 9.02. The van der Waals surface area contributed by atoms with E-state index in [2.05, 4.69) is 19.9 Å². The Balaban J connectivity index is 0.000000215. The zero-order valence-corrected chi connectivity index (χ0v) is 22.1. The average molecular weight is 553 g/mol. The Hall–Kier alpha value is -5.21. The third-order valence-corrected chi connectivity index (χ3v) is 6.79. The molecule has 0 spiro atoms. The molecular formula is C25H28N8O7. The first-order valence-corrected chi connectivity index (χ1v) is 11.5. The number of nitrogens with zero attached hydrogens (tertiary/aromatic N) is 6. The van der Waals surface area contributed by atoms with E-state index >= 15 is 0 Å². The van der Waals surface area contributed by atoms with Crippen molar-refractivity contribution in [2.24, 2.45) is 14.1 Å². The third kappa shape index (κ3) is 4.20. The van der Waals surface area contributed by atoms with Gasteiger partial charge in [-0.05, 0) is 20.8 Å². The summed E-state index contributed by atoms with van der Waals surface area (Å²) < 4.78 is 2.76. The van der Waals surface area contributed by atoms with Crippen LogP contribution in [-0.2, 0) is 33.3 Å². The number of rotatable bonds is 2. The summed E-state index contributed by atoms with van der Waals surface area (Å²) in [6, 6.07) is 0. The fourth-order valence-corrected chi connectivity index (χ4v) is 4.37. The Morgan fingerprint density at radius 2 is 1.23 bits per heavy atom. The normalized spacial score (nSPS) is 15.4. The van der Waals surface area contributed by atoms with Crippen LogP contribution >= 0.6 is 0 Å². The van der Waals surface area contributed by atoms with Crippen molar-refractivity contribution in [3.05, 3.63) is 65.7 Å². The van der Waals surface area contributed by atoms with Crippen LogP contribution in [0.3, 0.4) is 0 Å². The molecule has 15 nitrogen and oxygen atoms in total. The van der Waals surface area contributed by atoms with Crippen LogP contribution in [0.25, 0.3) is 22.3 Å². The maximum absolute atomic E-state index is 12.1. The summed E-state index contributed by atoms with van der Waals surface area (Å²) >= 11 is 0. The lowest BCUT2D eigenvalue weighted by Gasteiger charge is -2.10. The number of hydrogen-bond acceptors (Lipinski definition) is 9. The van der Waals surface area contributed by atoms with Crippen LogP contribution in [0, 0.1) is 6.92 Å². The molecule has 3 aromatic rings. The molecule has 0 bridgehead atoms. The van der Waals surface area contributed by atoms with Crippen molar-refractivity contribution in [1.82, 2.24) is 38.9 Å². The van der Waals surface area contributed by atoms with E-state index in [0.29, 0.717) is 16.9 Å². The van der Waals surface area contributed by atoms with Gasteiger partial charge in [0.25, 0.3) is 34.7 Å². The van der Waals surface area contributed by atoms with Crippen molar-refractivity contribution in [1.29, 1.82) is 0 Å². The Morgan fingerprint density at radius 3 is 1.70 bits per heavy atom. The van der Waals surface area contributed by atoms with E-state index in [0.717, 1.165) is 9.80 Å². The van der Waals surface area contributed by atoms with Gasteiger partial charge in [0, 0.05) is 45.0 Å². The Labute approximate surface area is 226 Å². The minimum atomic E-state index is -0.661. The number of aromatic nitrogens is 6. The van der Waals surface area contributed by atoms with Crippen LogP contribution < -0.4 is 16.8 Å². The van der Waals surface area contributed by atoms with Crippen molar-refractivity contribution in [3.63, 3.8) is 0 Å². The predicted molar refractivity (Wildman–Crippen MR) is 144 cm³/mol. The molecule has 0 atom stereocenters. The van der Waals surface area contributed by atoms with E-state index in [1.807, 2.05) is 0 Å². The minimum absolute atomic E-state index is 0. The molecule has 0 saturated heterocycles. The number of amides is 4. The van der Waals surface area contributed by atoms with Crippen LogP contribution in [0.4, 0.5) is 0 Å². The van der Waals surface area contributed by atoms with Gasteiger partial charge in [0.1, 0.15) is 5.82 Å². The molecule has 2 aliphatic rings. The number of H-pyrrole nitrogens is 2. The average Bonchev–Trinajstić information content (AvgIpc) is 3.39. The van der Waals surface area contributed by atoms with Crippen molar-refractivity contribution >= 4 is 45.9 Å². The molecule has 4 amide bonds. The highest BCUT2D eigenvalue weighted by molar-refractivity contribution is 6.36. The molecular weight excluding hydrogens is 524 g/mol. The van der Waals surface area contributed by atoms with Crippen molar-refractivity contribution in [2.75, 3.05) is 14.1 Å². The number of nitrogens with one attached hydrogen (secondary N) is 2. The lowest BCUT2D eigenvalue weighted by Crippen LogP contribution is -2.34. The molecule has 3 aromatic heterocycles. The molecule has 0 radical (unpaired) electrons. The van der Waals surface area contributed by atoms with E-state index in [9.17, 15) is 33.6 Å². The van der Waals surface area contributed by atoms with Gasteiger partial charge >= 0.3 is 5.69 Å². The van der Waals surface area contributed by atoms with E-state index in [1.54, 1.807) is 20.9 Å². The molecule has 5 heterocycles. The van der Waals surface area contributed by atoms with Gasteiger partial charge in [-0.2, -0.15) is 0 Å². The Morgan fingerprint density at radius 1 is 0.700 bits per heavy atom. The molecule has 0 fully saturated rings. The summed E-state index contributed by atoms with van der Waals surface area (Å²) in [4.78, 5) is 97.5. The summed E-state index contributed by atoms with van der Waals surface area (Å²) in [6.07, 6.45) is 1.27. The van der Waals surface area contributed by atoms with Crippen molar-refractivity contribution in [2.45, 2.75) is 28.2 Å². The smallest absolute Gasteiger partial charge is 0.311 e. The number of carbonyl (C=O) groups is 4. The quantitative estimate of drug-likeness (QED) is 0.384. The van der Waals surface area contributed by atoms with Crippen molar-refractivity contribution < 1.29 is 19.2 Å². The maximum Gasteiger partial charge on any atom is 0.328 e. The van der Waals surface area contributed by atoms with E-state index in [-0.39, 0.29) is 52.5 Å². The van der Waals surface area contributed by atoms with Gasteiger partial charge in [0.15, 0.2) is 11.2 Å². The zero-order valence-electron chi connectivity index (χ0n) is 22.1. The number of imidazole rings is 1. The number of hydrogen-bond donors (Lipinski definition) is 2. The number of imide groups is 2. The molecule has 15 heteroatoms. The molecule has 0 unspecified atom stereocenters. The highest BCUT2D eigenvalue weighted by Gasteiger charge is 2.37. The molecule has 210 valence electrons. The van der Waals surface area contributed by atoms with Crippen molar-refractivity contribution in [3.8, 4) is 0 Å². The Bertz CT molecular complexity index is 1880. The number of likely N-dealkylation sites (N-methyl/N-ethyl adjacent to an activating group) is 2. The predicted octanol–water partition coefficient (Wildman–Crippen LogP) is -0.781. The van der Waals surface area contributed by atoms with Gasteiger partial charge in [0.05, 0.1) is 23.0 Å². The second kappa shape index (κ2) is 10.2. The summed E-state index contributed by atoms with van der Waals surface area (Å²) in [5, 5.41) is 0. The van der Waals surface area contributed by atoms with Gasteiger partial charge < -0.3 is 14.1 Å². The fraction of sp³-hybridized carbons (Fsp3) is 0.320. The van der Waals surface area contributed by atoms with Crippen LogP contribution in [0.1, 0.15) is 38.4 Å². The van der Waals surface area contributed by atoms with E-state index in [1.165, 1.54) is 43.5 Å². The van der Waals surface area contributed by atoms with Crippen LogP contribution in [-0.4, -0.2) is 76.6 Å². The van der Waals surface area contributed by atoms with Gasteiger partial charge in [-0.15, -0.1) is 0 Å². The monoisotopic (exact) mass is 552 g/mol. The van der Waals surface area contributed by atoms with Crippen LogP contribution in [0.5, 0.6) is 0 Å². The molecule has 2 aliphatic heterocycles. The van der Waals surface area contributed by atoms with E-state index in [4.69, 9.17) is 0 Å². The standard InChI is InChI=1S/C12H11N5O3.C12H13N3O4.CH4/c1-5-6(12(20)17(3)11(5)19)8-15-7-9(16(8)2)13-4-14-10(7)18;1-5-7(11(18)15(4)10(5)17)8-6(2)14(3)12(19)13-9(8)16;/h4H,1-3H3,(H,13,14,18);1-4H3,(H,13,16,19);1H4. The summed E-state index contributed by atoms with van der Waals surface area (Å²) in [7, 11) is 5.90. The lowest BCUT2D eigenvalue weighted by atomic mass is 10.0. The van der Waals surface area contributed by atoms with Crippen LogP contribution in [0.15, 0.2) is 31.9 Å².